The van der Waals surface area contributed by atoms with E-state index < -0.39 is 0 Å². The van der Waals surface area contributed by atoms with Crippen molar-refractivity contribution in [2.75, 3.05) is 0 Å². The molecule has 25 heavy (non-hydrogen) atoms. The van der Waals surface area contributed by atoms with Crippen LogP contribution in [0.2, 0.25) is 35.2 Å². The third-order valence-electron chi connectivity index (χ3n) is 3.38. The lowest BCUT2D eigenvalue weighted by Crippen LogP contribution is -1.91. The predicted molar refractivity (Wildman–Crippen MR) is 110 cm³/mol. The molecule has 1 aromatic heterocycles. The number of hydrogen-bond acceptors (Lipinski definition) is 1. The Morgan fingerprint density at radius 2 is 0.960 bits per heavy atom. The lowest BCUT2D eigenvalue weighted by Gasteiger charge is -2.10. The Morgan fingerprint density at radius 3 is 1.44 bits per heavy atom. The lowest BCUT2D eigenvalue weighted by molar-refractivity contribution is 1.32. The molecule has 3 rings (SSSR count). The highest BCUT2D eigenvalue weighted by atomic mass is 35.5. The van der Waals surface area contributed by atoms with Crippen LogP contribution in [-0.4, -0.2) is 4.98 Å². The molecule has 0 bridgehead atoms. The van der Waals surface area contributed by atoms with Crippen molar-refractivity contribution in [3.8, 4) is 22.5 Å². The zero-order chi connectivity index (χ0) is 18.3. The van der Waals surface area contributed by atoms with Gasteiger partial charge in [0.2, 0.25) is 0 Å². The fourth-order valence-corrected chi connectivity index (χ4v) is 3.61. The van der Waals surface area contributed by atoms with Gasteiger partial charge in [-0.15, -0.1) is 0 Å². The second kappa shape index (κ2) is 7.70. The number of hydrogen-bond donors (Lipinski definition) is 0. The second-order valence-electron chi connectivity index (χ2n) is 5.03. The lowest BCUT2D eigenvalue weighted by atomic mass is 10.1. The normalized spacial score (nSPS) is 11.0. The molecule has 0 aliphatic carbocycles. The van der Waals surface area contributed by atoms with Crippen LogP contribution in [0.3, 0.4) is 0 Å². The van der Waals surface area contributed by atoms with Crippen molar-refractivity contribution in [3.05, 3.63) is 71.6 Å². The number of halogens is 7. The smallest absolute Gasteiger partial charge is 0.0896 e. The maximum absolute atomic E-state index is 6.30. The van der Waals surface area contributed by atoms with E-state index in [4.69, 9.17) is 81.2 Å². The summed E-state index contributed by atoms with van der Waals surface area (Å²) in [6.07, 6.45) is 0. The summed E-state index contributed by atoms with van der Waals surface area (Å²) in [6.45, 7) is 0. The molecule has 0 aliphatic rings. The van der Waals surface area contributed by atoms with E-state index in [-0.39, 0.29) is 10.0 Å². The van der Waals surface area contributed by atoms with Crippen LogP contribution in [0.1, 0.15) is 0 Å². The van der Waals surface area contributed by atoms with Crippen molar-refractivity contribution in [1.29, 1.82) is 0 Å². The Balaban J connectivity index is 2.17. The molecular weight excluding hydrogens is 466 g/mol. The SMILES string of the molecule is Clc1ccc(-c2cc(Cl)c(Cl)c(Cl)c2)nc1-c1cc(Cl)c(Cl)c(Cl)c1. The first kappa shape index (κ1) is 19.4. The van der Waals surface area contributed by atoms with Crippen LogP contribution in [0.25, 0.3) is 22.5 Å². The van der Waals surface area contributed by atoms with E-state index in [1.807, 2.05) is 0 Å². The topological polar surface area (TPSA) is 12.9 Å². The highest BCUT2D eigenvalue weighted by Crippen LogP contribution is 2.39. The Morgan fingerprint density at radius 1 is 0.520 bits per heavy atom. The summed E-state index contributed by atoms with van der Waals surface area (Å²) in [6, 6.07) is 10.1. The van der Waals surface area contributed by atoms with Crippen molar-refractivity contribution < 1.29 is 0 Å². The van der Waals surface area contributed by atoms with Crippen molar-refractivity contribution in [2.45, 2.75) is 0 Å². The third-order valence-corrected chi connectivity index (χ3v) is 6.08. The molecule has 0 saturated carbocycles. The average molecular weight is 472 g/mol. The molecule has 0 unspecified atom stereocenters. The van der Waals surface area contributed by atoms with Crippen LogP contribution in [0.15, 0.2) is 36.4 Å². The molecule has 0 saturated heterocycles. The zero-order valence-corrected chi connectivity index (χ0v) is 17.3. The van der Waals surface area contributed by atoms with Gasteiger partial charge in [-0.2, -0.15) is 0 Å². The molecule has 3 aromatic rings. The number of rotatable bonds is 2. The summed E-state index contributed by atoms with van der Waals surface area (Å²) in [5, 5.41) is 2.28. The molecule has 1 nitrogen and oxygen atoms in total. The van der Waals surface area contributed by atoms with E-state index in [1.54, 1.807) is 36.4 Å². The van der Waals surface area contributed by atoms with E-state index in [0.717, 1.165) is 0 Å². The van der Waals surface area contributed by atoms with Gasteiger partial charge in [-0.3, -0.25) is 0 Å². The number of nitrogens with zero attached hydrogens (tertiary/aromatic N) is 1. The van der Waals surface area contributed by atoms with E-state index in [9.17, 15) is 0 Å². The first-order chi connectivity index (χ1) is 11.8. The average Bonchev–Trinajstić information content (AvgIpc) is 2.57. The fourth-order valence-electron chi connectivity index (χ4n) is 2.20. The molecule has 0 radical (unpaired) electrons. The van der Waals surface area contributed by atoms with Crippen molar-refractivity contribution in [1.82, 2.24) is 4.98 Å². The molecule has 1 heterocycles. The highest BCUT2D eigenvalue weighted by molar-refractivity contribution is 6.49. The van der Waals surface area contributed by atoms with Gasteiger partial charge in [0.25, 0.3) is 0 Å². The van der Waals surface area contributed by atoms with E-state index in [2.05, 4.69) is 4.98 Å². The largest absolute Gasteiger partial charge is 0.246 e. The minimum absolute atomic E-state index is 0.274. The quantitative estimate of drug-likeness (QED) is 0.339. The highest BCUT2D eigenvalue weighted by Gasteiger charge is 2.14. The van der Waals surface area contributed by atoms with Gasteiger partial charge in [0, 0.05) is 11.1 Å². The standard InChI is InChI=1S/C17H6Cl7N/c18-9-1-2-14(7-3-10(19)15(23)11(20)4-7)25-17(9)8-5-12(21)16(24)13(22)6-8/h1-6H. The fraction of sp³-hybridized carbons (Fsp3) is 0. The van der Waals surface area contributed by atoms with Gasteiger partial charge in [-0.25, -0.2) is 4.98 Å². The third kappa shape index (κ3) is 3.99. The van der Waals surface area contributed by atoms with Gasteiger partial charge in [0.05, 0.1) is 46.5 Å². The van der Waals surface area contributed by atoms with Gasteiger partial charge >= 0.3 is 0 Å². The molecule has 0 spiro atoms. The molecule has 0 amide bonds. The molecule has 0 atom stereocenters. The monoisotopic (exact) mass is 469 g/mol. The molecule has 8 heteroatoms. The van der Waals surface area contributed by atoms with Gasteiger partial charge in [0.1, 0.15) is 0 Å². The summed E-state index contributed by atoms with van der Waals surface area (Å²) >= 11 is 42.7. The van der Waals surface area contributed by atoms with Gasteiger partial charge < -0.3 is 0 Å². The zero-order valence-electron chi connectivity index (χ0n) is 12.1. The predicted octanol–water partition coefficient (Wildman–Crippen LogP) is 8.99. The van der Waals surface area contributed by atoms with Gasteiger partial charge in [-0.05, 0) is 36.4 Å². The van der Waals surface area contributed by atoms with E-state index >= 15 is 0 Å². The number of benzene rings is 2. The van der Waals surface area contributed by atoms with Crippen molar-refractivity contribution in [2.24, 2.45) is 0 Å². The maximum Gasteiger partial charge on any atom is 0.0896 e. The minimum Gasteiger partial charge on any atom is -0.246 e. The van der Waals surface area contributed by atoms with Crippen LogP contribution >= 0.6 is 81.2 Å². The Kier molecular flexibility index (Phi) is 5.97. The van der Waals surface area contributed by atoms with Gasteiger partial charge in [0.15, 0.2) is 0 Å². The summed E-state index contributed by atoms with van der Waals surface area (Å²) in [5.74, 6) is 0. The van der Waals surface area contributed by atoms with Crippen LogP contribution in [0.5, 0.6) is 0 Å². The molecule has 0 fully saturated rings. The maximum atomic E-state index is 6.30. The van der Waals surface area contributed by atoms with E-state index in [0.29, 0.717) is 47.6 Å². The molecule has 0 aliphatic heterocycles. The Hall–Kier alpha value is -0.380. The van der Waals surface area contributed by atoms with Crippen LogP contribution in [0, 0.1) is 0 Å². The molecule has 0 N–H and O–H groups in total. The van der Waals surface area contributed by atoms with Crippen molar-refractivity contribution in [3.63, 3.8) is 0 Å². The molecule has 128 valence electrons. The number of pyridine rings is 1. The Labute approximate surface area is 179 Å². The summed E-state index contributed by atoms with van der Waals surface area (Å²) in [5.41, 5.74) is 2.45. The summed E-state index contributed by atoms with van der Waals surface area (Å²) in [7, 11) is 0. The summed E-state index contributed by atoms with van der Waals surface area (Å²) in [4.78, 5) is 4.58. The van der Waals surface area contributed by atoms with Crippen LogP contribution in [-0.2, 0) is 0 Å². The van der Waals surface area contributed by atoms with Gasteiger partial charge in [-0.1, -0.05) is 81.2 Å². The van der Waals surface area contributed by atoms with E-state index in [1.165, 1.54) is 0 Å². The first-order valence-electron chi connectivity index (χ1n) is 6.74. The van der Waals surface area contributed by atoms with Crippen LogP contribution in [0.4, 0.5) is 0 Å². The second-order valence-corrected chi connectivity index (χ2v) is 7.83. The Bertz CT molecular complexity index is 939. The van der Waals surface area contributed by atoms with Crippen molar-refractivity contribution >= 4 is 81.2 Å². The minimum atomic E-state index is 0.274. The molecular formula is C17H6Cl7N. The first-order valence-corrected chi connectivity index (χ1v) is 9.39. The summed E-state index contributed by atoms with van der Waals surface area (Å²) < 4.78 is 0. The number of aromatic nitrogens is 1. The van der Waals surface area contributed by atoms with Crippen LogP contribution < -0.4 is 0 Å². The molecule has 2 aromatic carbocycles.